The lowest BCUT2D eigenvalue weighted by atomic mass is 9.96. The number of rotatable bonds is 8. The quantitative estimate of drug-likeness (QED) is 0.673. The molecule has 1 atom stereocenters. The van der Waals surface area contributed by atoms with Gasteiger partial charge in [-0.15, -0.1) is 11.8 Å². The van der Waals surface area contributed by atoms with E-state index in [1.807, 2.05) is 30.5 Å². The van der Waals surface area contributed by atoms with Gasteiger partial charge in [0.15, 0.2) is 0 Å². The van der Waals surface area contributed by atoms with Crippen LogP contribution in [0.3, 0.4) is 0 Å². The van der Waals surface area contributed by atoms with Crippen molar-refractivity contribution in [2.24, 2.45) is 0 Å². The Morgan fingerprint density at radius 2 is 2.04 bits per heavy atom. The van der Waals surface area contributed by atoms with Gasteiger partial charge in [-0.05, 0) is 49.3 Å². The predicted octanol–water partition coefficient (Wildman–Crippen LogP) is 3.68. The summed E-state index contributed by atoms with van der Waals surface area (Å²) in [5, 5.41) is 12.0. The Kier molecular flexibility index (Phi) is 6.34. The fourth-order valence-corrected chi connectivity index (χ4v) is 3.19. The monoisotopic (exact) mass is 386 g/mol. The molecule has 1 aliphatic rings. The normalized spacial score (nSPS) is 14.9. The third kappa shape index (κ3) is 5.23. The van der Waals surface area contributed by atoms with Gasteiger partial charge in [-0.2, -0.15) is 0 Å². The van der Waals surface area contributed by atoms with E-state index >= 15 is 0 Å². The topological polar surface area (TPSA) is 88.5 Å². The van der Waals surface area contributed by atoms with Gasteiger partial charge < -0.3 is 15.2 Å². The van der Waals surface area contributed by atoms with Crippen molar-refractivity contribution in [1.82, 2.24) is 10.3 Å². The van der Waals surface area contributed by atoms with E-state index in [0.29, 0.717) is 11.4 Å². The van der Waals surface area contributed by atoms with E-state index in [-0.39, 0.29) is 18.4 Å². The van der Waals surface area contributed by atoms with Crippen LogP contribution in [0, 0.1) is 0 Å². The van der Waals surface area contributed by atoms with Crippen LogP contribution >= 0.6 is 11.8 Å². The standard InChI is InChI=1S/C20H22N2O4S/c1-27-16-7-5-13(6-8-16)17(12-19(23)24)22-20(25)14-9-10-21-18(11-14)26-15-3-2-4-15/h5-11,15,17H,2-4,12H2,1H3,(H,22,25)(H,23,24). The lowest BCUT2D eigenvalue weighted by Crippen LogP contribution is -2.30. The second kappa shape index (κ2) is 8.90. The van der Waals surface area contributed by atoms with Crippen molar-refractivity contribution in [1.29, 1.82) is 0 Å². The molecule has 1 saturated carbocycles. The van der Waals surface area contributed by atoms with E-state index in [0.717, 1.165) is 29.7 Å². The van der Waals surface area contributed by atoms with Crippen molar-refractivity contribution >= 4 is 23.6 Å². The number of nitrogens with one attached hydrogen (secondary N) is 1. The minimum atomic E-state index is -0.974. The molecule has 2 N–H and O–H groups in total. The summed E-state index contributed by atoms with van der Waals surface area (Å²) in [5.41, 5.74) is 1.15. The number of thioether (sulfide) groups is 1. The summed E-state index contributed by atoms with van der Waals surface area (Å²) in [6.07, 6.45) is 6.64. The highest BCUT2D eigenvalue weighted by Crippen LogP contribution is 2.25. The average Bonchev–Trinajstić information content (AvgIpc) is 2.64. The number of nitrogens with zero attached hydrogens (tertiary/aromatic N) is 1. The zero-order valence-corrected chi connectivity index (χ0v) is 15.9. The second-order valence-corrected chi connectivity index (χ2v) is 7.33. The Bertz CT molecular complexity index is 806. The third-order valence-electron chi connectivity index (χ3n) is 4.54. The van der Waals surface area contributed by atoms with Gasteiger partial charge in [0.05, 0.1) is 12.5 Å². The van der Waals surface area contributed by atoms with Crippen LogP contribution in [0.4, 0.5) is 0 Å². The largest absolute Gasteiger partial charge is 0.481 e. The fourth-order valence-electron chi connectivity index (χ4n) is 2.78. The summed E-state index contributed by atoms with van der Waals surface area (Å²) in [6.45, 7) is 0. The van der Waals surface area contributed by atoms with Crippen molar-refractivity contribution in [3.05, 3.63) is 53.7 Å². The molecule has 1 heterocycles. The maximum absolute atomic E-state index is 12.7. The minimum absolute atomic E-state index is 0.172. The maximum atomic E-state index is 12.7. The van der Waals surface area contributed by atoms with Crippen LogP contribution in [0.1, 0.15) is 47.6 Å². The Morgan fingerprint density at radius 3 is 2.63 bits per heavy atom. The van der Waals surface area contributed by atoms with Crippen LogP contribution in [0.15, 0.2) is 47.5 Å². The number of benzene rings is 1. The van der Waals surface area contributed by atoms with Crippen LogP contribution in [0.25, 0.3) is 0 Å². The number of aliphatic carboxylic acids is 1. The van der Waals surface area contributed by atoms with Crippen molar-refractivity contribution in [2.45, 2.75) is 42.7 Å². The summed E-state index contributed by atoms with van der Waals surface area (Å²) in [4.78, 5) is 29.1. The zero-order valence-electron chi connectivity index (χ0n) is 15.1. The molecule has 2 aromatic rings. The molecule has 6 nitrogen and oxygen atoms in total. The molecule has 0 saturated heterocycles. The van der Waals surface area contributed by atoms with Gasteiger partial charge in [0.2, 0.25) is 5.88 Å². The van der Waals surface area contributed by atoms with Crippen molar-refractivity contribution < 1.29 is 19.4 Å². The van der Waals surface area contributed by atoms with Gasteiger partial charge in [-0.3, -0.25) is 9.59 Å². The van der Waals surface area contributed by atoms with Gasteiger partial charge in [0.25, 0.3) is 5.91 Å². The second-order valence-electron chi connectivity index (χ2n) is 6.45. The van der Waals surface area contributed by atoms with Gasteiger partial charge in [0.1, 0.15) is 6.10 Å². The van der Waals surface area contributed by atoms with E-state index < -0.39 is 12.0 Å². The molecule has 1 aliphatic carbocycles. The first kappa shape index (κ1) is 19.2. The van der Waals surface area contributed by atoms with Crippen LogP contribution in [0.5, 0.6) is 5.88 Å². The van der Waals surface area contributed by atoms with Crippen molar-refractivity contribution in [3.63, 3.8) is 0 Å². The highest BCUT2D eigenvalue weighted by molar-refractivity contribution is 7.98. The Balaban J connectivity index is 1.73. The molecule has 1 fully saturated rings. The molecular formula is C20H22N2O4S. The molecular weight excluding hydrogens is 364 g/mol. The Hall–Kier alpha value is -2.54. The molecule has 0 bridgehead atoms. The fraction of sp³-hybridized carbons (Fsp3) is 0.350. The highest BCUT2D eigenvalue weighted by Gasteiger charge is 2.22. The molecule has 1 aromatic carbocycles. The van der Waals surface area contributed by atoms with E-state index in [9.17, 15) is 14.7 Å². The molecule has 0 radical (unpaired) electrons. The summed E-state index contributed by atoms with van der Waals surface area (Å²) < 4.78 is 5.73. The first-order valence-electron chi connectivity index (χ1n) is 8.84. The molecule has 0 spiro atoms. The number of carbonyl (C=O) groups is 2. The molecule has 3 rings (SSSR count). The molecule has 1 aromatic heterocycles. The lowest BCUT2D eigenvalue weighted by Gasteiger charge is -2.25. The SMILES string of the molecule is CSc1ccc(C(CC(=O)O)NC(=O)c2ccnc(OC3CCC3)c2)cc1. The summed E-state index contributed by atoms with van der Waals surface area (Å²) >= 11 is 1.60. The predicted molar refractivity (Wildman–Crippen MR) is 103 cm³/mol. The van der Waals surface area contributed by atoms with Crippen molar-refractivity contribution in [2.75, 3.05) is 6.26 Å². The van der Waals surface area contributed by atoms with E-state index in [4.69, 9.17) is 4.74 Å². The van der Waals surface area contributed by atoms with Crippen LogP contribution in [-0.4, -0.2) is 34.3 Å². The van der Waals surface area contributed by atoms with Crippen LogP contribution < -0.4 is 10.1 Å². The molecule has 1 amide bonds. The third-order valence-corrected chi connectivity index (χ3v) is 5.28. The molecule has 142 valence electrons. The van der Waals surface area contributed by atoms with Gasteiger partial charge in [0, 0.05) is 22.7 Å². The Labute approximate surface area is 162 Å². The van der Waals surface area contributed by atoms with Gasteiger partial charge in [-0.1, -0.05) is 12.1 Å². The maximum Gasteiger partial charge on any atom is 0.305 e. The summed E-state index contributed by atoms with van der Waals surface area (Å²) in [6, 6.07) is 10.1. The molecule has 0 aliphatic heterocycles. The molecule has 7 heteroatoms. The average molecular weight is 386 g/mol. The number of ether oxygens (including phenoxy) is 1. The van der Waals surface area contributed by atoms with Crippen molar-refractivity contribution in [3.8, 4) is 5.88 Å². The number of carbonyl (C=O) groups excluding carboxylic acids is 1. The number of aromatic nitrogens is 1. The first-order valence-corrected chi connectivity index (χ1v) is 10.1. The molecule has 1 unspecified atom stereocenters. The van der Waals surface area contributed by atoms with Gasteiger partial charge >= 0.3 is 5.97 Å². The number of hydrogen-bond donors (Lipinski definition) is 2. The smallest absolute Gasteiger partial charge is 0.305 e. The first-order chi connectivity index (χ1) is 13.0. The van der Waals surface area contributed by atoms with E-state index in [1.165, 1.54) is 6.20 Å². The van der Waals surface area contributed by atoms with Crippen LogP contribution in [-0.2, 0) is 4.79 Å². The zero-order chi connectivity index (χ0) is 19.2. The highest BCUT2D eigenvalue weighted by atomic mass is 32.2. The lowest BCUT2D eigenvalue weighted by molar-refractivity contribution is -0.137. The van der Waals surface area contributed by atoms with E-state index in [1.54, 1.807) is 23.9 Å². The van der Waals surface area contributed by atoms with Crippen LogP contribution in [0.2, 0.25) is 0 Å². The number of pyridine rings is 1. The minimum Gasteiger partial charge on any atom is -0.481 e. The number of hydrogen-bond acceptors (Lipinski definition) is 5. The summed E-state index contributed by atoms with van der Waals surface area (Å²) in [7, 11) is 0. The summed E-state index contributed by atoms with van der Waals surface area (Å²) in [5.74, 6) is -0.902. The number of amides is 1. The number of carboxylic acid groups (broad SMARTS) is 1. The molecule has 27 heavy (non-hydrogen) atoms. The van der Waals surface area contributed by atoms with E-state index in [2.05, 4.69) is 10.3 Å². The Morgan fingerprint density at radius 1 is 1.30 bits per heavy atom. The number of carboxylic acids is 1. The van der Waals surface area contributed by atoms with Gasteiger partial charge in [-0.25, -0.2) is 4.98 Å².